The third-order valence-corrected chi connectivity index (χ3v) is 3.56. The molecule has 0 heterocycles. The lowest BCUT2D eigenvalue weighted by atomic mass is 10.1. The molecule has 0 saturated carbocycles. The van der Waals surface area contributed by atoms with Crippen LogP contribution in [0.3, 0.4) is 0 Å². The minimum absolute atomic E-state index is 0.512. The minimum atomic E-state index is 0.512. The second-order valence-corrected chi connectivity index (χ2v) is 4.74. The fourth-order valence-corrected chi connectivity index (χ4v) is 2.17. The molecule has 0 bridgehead atoms. The van der Waals surface area contributed by atoms with Crippen molar-refractivity contribution in [3.63, 3.8) is 0 Å². The van der Waals surface area contributed by atoms with E-state index in [4.69, 9.17) is 34.8 Å². The van der Waals surface area contributed by atoms with Crippen LogP contribution < -0.4 is 0 Å². The van der Waals surface area contributed by atoms with Crippen LogP contribution >= 0.6 is 34.8 Å². The van der Waals surface area contributed by atoms with Crippen LogP contribution in [0.25, 0.3) is 10.1 Å². The van der Waals surface area contributed by atoms with E-state index in [-0.39, 0.29) is 0 Å². The van der Waals surface area contributed by atoms with Gasteiger partial charge in [0, 0.05) is 10.9 Å². The standard InChI is InChI=1S/C16H9Cl3/c17-11-10-12-6-8-14(9-7-12)16(19)15(18)13-4-2-1-3-5-13/h1-9H. The van der Waals surface area contributed by atoms with E-state index in [1.54, 1.807) is 0 Å². The second-order valence-electron chi connectivity index (χ2n) is 3.79. The van der Waals surface area contributed by atoms with Crippen LogP contribution in [0.5, 0.6) is 0 Å². The highest BCUT2D eigenvalue weighted by Gasteiger charge is 2.06. The Morgan fingerprint density at radius 3 is 1.79 bits per heavy atom. The summed E-state index contributed by atoms with van der Waals surface area (Å²) in [6.07, 6.45) is 0. The van der Waals surface area contributed by atoms with Crippen LogP contribution in [0.4, 0.5) is 0 Å². The summed E-state index contributed by atoms with van der Waals surface area (Å²) < 4.78 is 0. The molecule has 0 amide bonds. The maximum atomic E-state index is 6.31. The lowest BCUT2D eigenvalue weighted by molar-refractivity contribution is 1.60. The summed E-state index contributed by atoms with van der Waals surface area (Å²) >= 11 is 17.9. The first kappa shape index (κ1) is 14.0. The maximum absolute atomic E-state index is 6.31. The third-order valence-electron chi connectivity index (χ3n) is 2.55. The lowest BCUT2D eigenvalue weighted by Crippen LogP contribution is -1.83. The van der Waals surface area contributed by atoms with Gasteiger partial charge in [-0.1, -0.05) is 65.7 Å². The Bertz CT molecular complexity index is 644. The van der Waals surface area contributed by atoms with Gasteiger partial charge in [-0.3, -0.25) is 0 Å². The molecule has 0 saturated heterocycles. The van der Waals surface area contributed by atoms with Gasteiger partial charge in [-0.05, 0) is 40.8 Å². The zero-order valence-electron chi connectivity index (χ0n) is 9.83. The predicted molar refractivity (Wildman–Crippen MR) is 84.1 cm³/mol. The van der Waals surface area contributed by atoms with Gasteiger partial charge < -0.3 is 0 Å². The minimum Gasteiger partial charge on any atom is -0.0820 e. The van der Waals surface area contributed by atoms with Crippen LogP contribution in [-0.2, 0) is 0 Å². The maximum Gasteiger partial charge on any atom is 0.0670 e. The Balaban J connectivity index is 2.37. The van der Waals surface area contributed by atoms with Crippen molar-refractivity contribution in [2.45, 2.75) is 0 Å². The Morgan fingerprint density at radius 1 is 0.737 bits per heavy atom. The van der Waals surface area contributed by atoms with Crippen LogP contribution in [-0.4, -0.2) is 0 Å². The first-order valence-corrected chi connectivity index (χ1v) is 6.68. The average Bonchev–Trinajstić information content (AvgIpc) is 2.48. The first-order chi connectivity index (χ1) is 9.22. The molecule has 0 aliphatic carbocycles. The molecule has 0 nitrogen and oxygen atoms in total. The predicted octanol–water partition coefficient (Wildman–Crippen LogP) is 5.54. The molecule has 0 aliphatic heterocycles. The molecular weight excluding hydrogens is 299 g/mol. The van der Waals surface area contributed by atoms with Gasteiger partial charge in [0.2, 0.25) is 0 Å². The molecular formula is C16H9Cl3. The van der Waals surface area contributed by atoms with Gasteiger partial charge in [-0.25, -0.2) is 0 Å². The molecule has 0 atom stereocenters. The lowest BCUT2D eigenvalue weighted by Gasteiger charge is -2.05. The summed E-state index contributed by atoms with van der Waals surface area (Å²) in [5.74, 6) is 2.76. The van der Waals surface area contributed by atoms with Gasteiger partial charge in [0.1, 0.15) is 0 Å². The molecule has 0 N–H and O–H groups in total. The largest absolute Gasteiger partial charge is 0.0820 e. The van der Waals surface area contributed by atoms with Crippen molar-refractivity contribution < 1.29 is 0 Å². The fraction of sp³-hybridized carbons (Fsp3) is 0. The monoisotopic (exact) mass is 306 g/mol. The van der Waals surface area contributed by atoms with Crippen molar-refractivity contribution in [2.75, 3.05) is 0 Å². The summed E-state index contributed by atoms with van der Waals surface area (Å²) in [6.45, 7) is 0. The Hall–Kier alpha value is -1.39. The SMILES string of the molecule is ClC#Cc1ccc(C(Cl)=C(Cl)c2ccccc2)cc1. The summed E-state index contributed by atoms with van der Waals surface area (Å²) in [5, 5.41) is 3.37. The Morgan fingerprint density at radius 2 is 1.26 bits per heavy atom. The normalized spacial score (nSPS) is 11.3. The van der Waals surface area contributed by atoms with Crippen molar-refractivity contribution in [1.29, 1.82) is 0 Å². The van der Waals surface area contributed by atoms with Crippen molar-refractivity contribution in [1.82, 2.24) is 0 Å². The van der Waals surface area contributed by atoms with E-state index in [9.17, 15) is 0 Å². The van der Waals surface area contributed by atoms with Gasteiger partial charge in [0.15, 0.2) is 0 Å². The van der Waals surface area contributed by atoms with Crippen molar-refractivity contribution in [3.8, 4) is 11.3 Å². The number of hydrogen-bond acceptors (Lipinski definition) is 0. The molecule has 0 unspecified atom stereocenters. The van der Waals surface area contributed by atoms with E-state index in [0.29, 0.717) is 10.1 Å². The molecule has 0 fully saturated rings. The van der Waals surface area contributed by atoms with Gasteiger partial charge in [0.05, 0.1) is 10.1 Å². The molecule has 2 rings (SSSR count). The quantitative estimate of drug-likeness (QED) is 0.505. The van der Waals surface area contributed by atoms with Crippen LogP contribution in [0.1, 0.15) is 16.7 Å². The second kappa shape index (κ2) is 6.68. The molecule has 0 spiro atoms. The number of hydrogen-bond donors (Lipinski definition) is 0. The van der Waals surface area contributed by atoms with Gasteiger partial charge in [-0.15, -0.1) is 0 Å². The molecule has 19 heavy (non-hydrogen) atoms. The van der Waals surface area contributed by atoms with Crippen LogP contribution in [0.2, 0.25) is 0 Å². The first-order valence-electron chi connectivity index (χ1n) is 5.55. The summed E-state index contributed by atoms with van der Waals surface area (Å²) in [7, 11) is 0. The van der Waals surface area contributed by atoms with Crippen LogP contribution in [0, 0.1) is 11.3 Å². The highest BCUT2D eigenvalue weighted by molar-refractivity contribution is 6.65. The van der Waals surface area contributed by atoms with E-state index in [0.717, 1.165) is 16.7 Å². The summed E-state index contributed by atoms with van der Waals surface area (Å²) in [5.41, 5.74) is 2.56. The van der Waals surface area contributed by atoms with Gasteiger partial charge in [0.25, 0.3) is 0 Å². The Labute approximate surface area is 127 Å². The van der Waals surface area contributed by atoms with E-state index in [2.05, 4.69) is 11.3 Å². The summed E-state index contributed by atoms with van der Waals surface area (Å²) in [6, 6.07) is 17.0. The summed E-state index contributed by atoms with van der Waals surface area (Å²) in [4.78, 5) is 0. The van der Waals surface area contributed by atoms with E-state index < -0.39 is 0 Å². The zero-order chi connectivity index (χ0) is 13.7. The van der Waals surface area contributed by atoms with Gasteiger partial charge in [-0.2, -0.15) is 0 Å². The zero-order valence-corrected chi connectivity index (χ0v) is 12.1. The smallest absolute Gasteiger partial charge is 0.0670 e. The molecule has 3 heteroatoms. The average molecular weight is 308 g/mol. The molecule has 94 valence electrons. The van der Waals surface area contributed by atoms with Crippen molar-refractivity contribution >= 4 is 44.9 Å². The Kier molecular flexibility index (Phi) is 4.93. The van der Waals surface area contributed by atoms with Crippen molar-refractivity contribution in [3.05, 3.63) is 71.3 Å². The molecule has 0 aromatic heterocycles. The number of halogens is 3. The van der Waals surface area contributed by atoms with Crippen LogP contribution in [0.15, 0.2) is 54.6 Å². The fourth-order valence-electron chi connectivity index (χ4n) is 1.59. The number of benzene rings is 2. The van der Waals surface area contributed by atoms with E-state index >= 15 is 0 Å². The van der Waals surface area contributed by atoms with Gasteiger partial charge >= 0.3 is 0 Å². The molecule has 0 radical (unpaired) electrons. The third kappa shape index (κ3) is 3.55. The van der Waals surface area contributed by atoms with Crippen molar-refractivity contribution in [2.24, 2.45) is 0 Å². The number of rotatable bonds is 2. The highest BCUT2D eigenvalue weighted by atomic mass is 35.5. The van der Waals surface area contributed by atoms with E-state index in [1.807, 2.05) is 54.6 Å². The highest BCUT2D eigenvalue weighted by Crippen LogP contribution is 2.32. The molecule has 2 aromatic carbocycles. The molecule has 0 aliphatic rings. The van der Waals surface area contributed by atoms with E-state index in [1.165, 1.54) is 0 Å². The molecule has 2 aromatic rings. The topological polar surface area (TPSA) is 0 Å².